The van der Waals surface area contributed by atoms with Crippen LogP contribution in [0.3, 0.4) is 0 Å². The van der Waals surface area contributed by atoms with Crippen LogP contribution in [0.2, 0.25) is 0 Å². The van der Waals surface area contributed by atoms with Crippen LogP contribution in [0.5, 0.6) is 0 Å². The van der Waals surface area contributed by atoms with Gasteiger partial charge in [-0.15, -0.1) is 0 Å². The highest BCUT2D eigenvalue weighted by Gasteiger charge is 2.23. The highest BCUT2D eigenvalue weighted by Crippen LogP contribution is 2.38. The monoisotopic (exact) mass is 375 g/mol. The van der Waals surface area contributed by atoms with Gasteiger partial charge in [-0.2, -0.15) is 0 Å². The van der Waals surface area contributed by atoms with Gasteiger partial charge in [-0.3, -0.25) is 13.9 Å². The van der Waals surface area contributed by atoms with Gasteiger partial charge in [0, 0.05) is 19.8 Å². The molecule has 1 N–H and O–H groups in total. The van der Waals surface area contributed by atoms with E-state index in [1.165, 1.54) is 11.6 Å². The van der Waals surface area contributed by atoms with Crippen LogP contribution in [0.4, 0.5) is 11.6 Å². The van der Waals surface area contributed by atoms with Gasteiger partial charge in [0.05, 0.1) is 5.56 Å². The molecule has 2 aromatic carbocycles. The molecule has 0 aliphatic carbocycles. The number of hydrogen-bond acceptors (Lipinski definition) is 4. The maximum absolute atomic E-state index is 12.9. The van der Waals surface area contributed by atoms with Crippen molar-refractivity contribution in [2.75, 3.05) is 5.32 Å². The molecule has 0 aliphatic heterocycles. The first kappa shape index (κ1) is 17.9. The Bertz CT molecular complexity index is 1310. The van der Waals surface area contributed by atoms with Gasteiger partial charge in [-0.1, -0.05) is 48.0 Å². The Morgan fingerprint density at radius 3 is 2.32 bits per heavy atom. The number of aromatic nitrogens is 2. The van der Waals surface area contributed by atoms with Crippen molar-refractivity contribution in [2.45, 2.75) is 13.8 Å². The molecule has 0 spiro atoms. The van der Waals surface area contributed by atoms with E-state index in [2.05, 4.69) is 11.4 Å². The summed E-state index contributed by atoms with van der Waals surface area (Å²) in [5, 5.41) is 3.70. The van der Waals surface area contributed by atoms with Gasteiger partial charge in [0.25, 0.3) is 5.56 Å². The molecule has 0 radical (unpaired) electrons. The second kappa shape index (κ2) is 6.56. The summed E-state index contributed by atoms with van der Waals surface area (Å²) in [6, 6.07) is 15.6. The summed E-state index contributed by atoms with van der Waals surface area (Å²) >= 11 is 0. The molecule has 142 valence electrons. The maximum atomic E-state index is 12.9. The van der Waals surface area contributed by atoms with E-state index in [1.807, 2.05) is 56.3 Å². The van der Waals surface area contributed by atoms with Gasteiger partial charge in [-0.05, 0) is 31.0 Å². The number of anilines is 2. The van der Waals surface area contributed by atoms with Crippen molar-refractivity contribution in [3.63, 3.8) is 0 Å². The molecule has 6 heteroatoms. The van der Waals surface area contributed by atoms with Gasteiger partial charge in [0.15, 0.2) is 0 Å². The van der Waals surface area contributed by atoms with Gasteiger partial charge >= 0.3 is 5.69 Å². The van der Waals surface area contributed by atoms with Crippen molar-refractivity contribution in [1.82, 2.24) is 9.13 Å². The number of nitrogens with one attached hydrogen (secondary N) is 1. The normalized spacial score (nSPS) is 11.1. The lowest BCUT2D eigenvalue weighted by Crippen LogP contribution is -2.36. The van der Waals surface area contributed by atoms with Gasteiger partial charge in [0.1, 0.15) is 5.39 Å². The zero-order valence-corrected chi connectivity index (χ0v) is 16.2. The number of furan rings is 1. The number of benzene rings is 2. The molecule has 4 aromatic rings. The molecular weight excluding hydrogens is 354 g/mol. The molecule has 6 nitrogen and oxygen atoms in total. The number of hydrogen-bond donors (Lipinski definition) is 1. The number of aryl methyl sites for hydroxylation is 3. The van der Waals surface area contributed by atoms with Crippen LogP contribution < -0.4 is 16.6 Å². The maximum Gasteiger partial charge on any atom is 0.333 e. The van der Waals surface area contributed by atoms with E-state index in [4.69, 9.17) is 4.42 Å². The Balaban J connectivity index is 2.06. The fourth-order valence-corrected chi connectivity index (χ4v) is 3.46. The van der Waals surface area contributed by atoms with Crippen molar-refractivity contribution >= 4 is 22.7 Å². The first-order valence-electron chi connectivity index (χ1n) is 9.00. The third-order valence-electron chi connectivity index (χ3n) is 4.98. The molecule has 4 rings (SSSR count). The summed E-state index contributed by atoms with van der Waals surface area (Å²) in [7, 11) is 3.08. The Morgan fingerprint density at radius 1 is 0.929 bits per heavy atom. The number of nitrogens with zero attached hydrogens (tertiary/aromatic N) is 2. The van der Waals surface area contributed by atoms with E-state index < -0.39 is 5.69 Å². The van der Waals surface area contributed by atoms with E-state index in [-0.39, 0.29) is 11.3 Å². The van der Waals surface area contributed by atoms with Crippen LogP contribution >= 0.6 is 0 Å². The average molecular weight is 375 g/mol. The second-order valence-electron chi connectivity index (χ2n) is 7.00. The predicted octanol–water partition coefficient (Wildman–Crippen LogP) is 3.86. The van der Waals surface area contributed by atoms with Crippen LogP contribution in [0.15, 0.2) is 62.5 Å². The number of fused-ring (bicyclic) bond motifs is 1. The minimum atomic E-state index is -0.427. The smallest absolute Gasteiger partial charge is 0.333 e. The highest BCUT2D eigenvalue weighted by atomic mass is 16.4. The highest BCUT2D eigenvalue weighted by molar-refractivity contribution is 5.99. The molecule has 2 aromatic heterocycles. The minimum absolute atomic E-state index is 0.249. The molecule has 0 bridgehead atoms. The molecule has 0 fully saturated rings. The molecule has 0 saturated heterocycles. The fraction of sp³-hybridized carbons (Fsp3) is 0.182. The predicted molar refractivity (Wildman–Crippen MR) is 111 cm³/mol. The lowest BCUT2D eigenvalue weighted by atomic mass is 10.0. The molecule has 0 saturated carbocycles. The lowest BCUT2D eigenvalue weighted by Gasteiger charge is -2.10. The SMILES string of the molecule is Cc1ccc(Nc2oc3c(c2-c2ccccc2)c(=O)n(C)c(=O)n3C)c(C)c1. The fourth-order valence-electron chi connectivity index (χ4n) is 3.46. The summed E-state index contributed by atoms with van der Waals surface area (Å²) in [5.74, 6) is 0.437. The van der Waals surface area contributed by atoms with E-state index in [9.17, 15) is 9.59 Å². The van der Waals surface area contributed by atoms with E-state index in [0.717, 1.165) is 26.9 Å². The van der Waals surface area contributed by atoms with Crippen molar-refractivity contribution in [1.29, 1.82) is 0 Å². The van der Waals surface area contributed by atoms with Crippen LogP contribution in [-0.4, -0.2) is 9.13 Å². The van der Waals surface area contributed by atoms with Crippen LogP contribution in [0.25, 0.3) is 22.2 Å². The Hall–Kier alpha value is -3.54. The first-order chi connectivity index (χ1) is 13.4. The van der Waals surface area contributed by atoms with Crippen LogP contribution in [0, 0.1) is 13.8 Å². The Kier molecular flexibility index (Phi) is 4.19. The van der Waals surface area contributed by atoms with Crippen molar-refractivity contribution in [2.24, 2.45) is 14.1 Å². The largest absolute Gasteiger partial charge is 0.423 e. The van der Waals surface area contributed by atoms with E-state index in [1.54, 1.807) is 7.05 Å². The van der Waals surface area contributed by atoms with Crippen LogP contribution in [-0.2, 0) is 14.1 Å². The molecule has 0 amide bonds. The third-order valence-corrected chi connectivity index (χ3v) is 4.98. The molecule has 0 unspecified atom stereocenters. The van der Waals surface area contributed by atoms with Gasteiger partial charge in [-0.25, -0.2) is 4.79 Å². The standard InChI is InChI=1S/C22H21N3O3/c1-13-10-11-16(14(2)12-13)23-19-17(15-8-6-5-7-9-15)18-20(26)24(3)22(27)25(4)21(18)28-19/h5-12,23H,1-4H3. The Morgan fingerprint density at radius 2 is 1.64 bits per heavy atom. The third kappa shape index (κ3) is 2.74. The summed E-state index contributed by atoms with van der Waals surface area (Å²) in [4.78, 5) is 25.3. The summed E-state index contributed by atoms with van der Waals surface area (Å²) in [5.41, 5.74) is 4.02. The van der Waals surface area contributed by atoms with Crippen molar-refractivity contribution < 1.29 is 4.42 Å². The minimum Gasteiger partial charge on any atom is -0.423 e. The van der Waals surface area contributed by atoms with E-state index in [0.29, 0.717) is 16.8 Å². The van der Waals surface area contributed by atoms with Crippen LogP contribution in [0.1, 0.15) is 11.1 Å². The molecule has 28 heavy (non-hydrogen) atoms. The quantitative estimate of drug-likeness (QED) is 0.590. The molecule has 0 atom stereocenters. The summed E-state index contributed by atoms with van der Waals surface area (Å²) < 4.78 is 8.49. The zero-order chi connectivity index (χ0) is 20.0. The average Bonchev–Trinajstić information content (AvgIpc) is 3.07. The molecule has 2 heterocycles. The summed E-state index contributed by atoms with van der Waals surface area (Å²) in [6.45, 7) is 4.04. The zero-order valence-electron chi connectivity index (χ0n) is 16.2. The summed E-state index contributed by atoms with van der Waals surface area (Å²) in [6.07, 6.45) is 0. The second-order valence-corrected chi connectivity index (χ2v) is 7.00. The van der Waals surface area contributed by atoms with E-state index >= 15 is 0 Å². The van der Waals surface area contributed by atoms with Crippen molar-refractivity contribution in [3.8, 4) is 11.1 Å². The number of rotatable bonds is 3. The molecule has 0 aliphatic rings. The van der Waals surface area contributed by atoms with Gasteiger partial charge < -0.3 is 9.73 Å². The molecular formula is C22H21N3O3. The van der Waals surface area contributed by atoms with Gasteiger partial charge in [0.2, 0.25) is 11.6 Å². The topological polar surface area (TPSA) is 69.2 Å². The van der Waals surface area contributed by atoms with Crippen molar-refractivity contribution in [3.05, 3.63) is 80.5 Å². The Labute approximate surface area is 161 Å². The first-order valence-corrected chi connectivity index (χ1v) is 9.00. The lowest BCUT2D eigenvalue weighted by molar-refractivity contribution is 0.577.